The average molecular weight is 207 g/mol. The van der Waals surface area contributed by atoms with Gasteiger partial charge in [0.1, 0.15) is 6.29 Å². The smallest absolute Gasteiger partial charge is 0.127 e. The summed E-state index contributed by atoms with van der Waals surface area (Å²) in [6.45, 7) is 11.5. The number of hydrogen-bond donors (Lipinski definition) is 0. The van der Waals surface area contributed by atoms with E-state index in [-0.39, 0.29) is 0 Å². The first kappa shape index (κ1) is 12.0. The molecule has 1 aliphatic carbocycles. The van der Waals surface area contributed by atoms with Crippen LogP contribution in [0.4, 0.5) is 0 Å². The lowest BCUT2D eigenvalue weighted by Gasteiger charge is -2.42. The lowest BCUT2D eigenvalue weighted by atomic mass is 10.1. The lowest BCUT2D eigenvalue weighted by molar-refractivity contribution is -0.105. The molecule has 0 heterocycles. The molecule has 0 aromatic heterocycles. The molecule has 0 bridgehead atoms. The van der Waals surface area contributed by atoms with E-state index in [4.69, 9.17) is 0 Å². The summed E-state index contributed by atoms with van der Waals surface area (Å²) in [6, 6.07) is 0. The Morgan fingerprint density at radius 1 is 1.21 bits per heavy atom. The molecule has 14 heavy (non-hydrogen) atoms. The molecule has 0 aliphatic heterocycles. The van der Waals surface area contributed by atoms with Gasteiger partial charge < -0.3 is 4.79 Å². The van der Waals surface area contributed by atoms with Crippen molar-refractivity contribution in [1.82, 2.24) is 0 Å². The normalized spacial score (nSPS) is 21.5. The summed E-state index contributed by atoms with van der Waals surface area (Å²) in [5.74, 6) is 0.886. The zero-order valence-corrected chi connectivity index (χ0v) is 10.7. The second kappa shape index (κ2) is 3.80. The maximum Gasteiger partial charge on any atom is 0.127 e. The van der Waals surface area contributed by atoms with E-state index in [1.54, 1.807) is 0 Å². The number of aldehydes is 1. The van der Waals surface area contributed by atoms with Gasteiger partial charge in [0.25, 0.3) is 0 Å². The van der Waals surface area contributed by atoms with Crippen LogP contribution in [0.5, 0.6) is 0 Å². The molecule has 1 nitrogen and oxygen atoms in total. The van der Waals surface area contributed by atoms with Crippen LogP contribution in [0, 0.1) is 30.7 Å². The Kier molecular flexibility index (Phi) is 3.25. The molecule has 0 aromatic rings. The highest BCUT2D eigenvalue weighted by Crippen LogP contribution is 2.49. The van der Waals surface area contributed by atoms with E-state index < -0.39 is 8.07 Å². The number of carbonyl (C=O) groups excluding carboxylic acids is 1. The van der Waals surface area contributed by atoms with Gasteiger partial charge in [0.15, 0.2) is 0 Å². The maximum atomic E-state index is 10.9. The zero-order chi connectivity index (χ0) is 11.0. The van der Waals surface area contributed by atoms with E-state index in [2.05, 4.69) is 40.3 Å². The van der Waals surface area contributed by atoms with Gasteiger partial charge in [-0.25, -0.2) is 0 Å². The van der Waals surface area contributed by atoms with E-state index in [9.17, 15) is 4.79 Å². The standard InChI is InChI=1S/C12H19OSi/c1-12(2,3)14(4,5)11-8-6-7-10(11)9-13/h6-9H,1-5H3. The molecule has 0 amide bonds. The van der Waals surface area contributed by atoms with Gasteiger partial charge in [0.2, 0.25) is 0 Å². The molecule has 1 aliphatic rings. The molecule has 1 rings (SSSR count). The van der Waals surface area contributed by atoms with E-state index in [1.165, 1.54) is 5.54 Å². The molecule has 0 N–H and O–H groups in total. The summed E-state index contributed by atoms with van der Waals surface area (Å²) < 4.78 is 0. The van der Waals surface area contributed by atoms with Crippen LogP contribution >= 0.6 is 0 Å². The number of hydrogen-bond acceptors (Lipinski definition) is 1. The third-order valence-corrected chi connectivity index (χ3v) is 9.08. The van der Waals surface area contributed by atoms with Crippen molar-refractivity contribution in [1.29, 1.82) is 0 Å². The van der Waals surface area contributed by atoms with Gasteiger partial charge in [-0.15, -0.1) is 0 Å². The molecule has 77 valence electrons. The minimum absolute atomic E-state index is 0.291. The summed E-state index contributed by atoms with van der Waals surface area (Å²) in [5, 5.41) is 0.291. The monoisotopic (exact) mass is 207 g/mol. The van der Waals surface area contributed by atoms with Crippen LogP contribution in [0.25, 0.3) is 0 Å². The fraction of sp³-hybridized carbons (Fsp3) is 0.500. The van der Waals surface area contributed by atoms with E-state index in [0.29, 0.717) is 5.04 Å². The van der Waals surface area contributed by atoms with Crippen molar-refractivity contribution in [2.24, 2.45) is 0 Å². The van der Waals surface area contributed by atoms with Crippen LogP contribution in [-0.4, -0.2) is 14.4 Å². The molecule has 1 saturated carbocycles. The topological polar surface area (TPSA) is 17.1 Å². The van der Waals surface area contributed by atoms with E-state index in [1.807, 2.05) is 12.8 Å². The van der Waals surface area contributed by atoms with Gasteiger partial charge >= 0.3 is 0 Å². The molecule has 5 radical (unpaired) electrons. The molecule has 1 fully saturated rings. The first-order valence-electron chi connectivity index (χ1n) is 5.02. The predicted octanol–water partition coefficient (Wildman–Crippen LogP) is 3.01. The zero-order valence-electron chi connectivity index (χ0n) is 9.72. The van der Waals surface area contributed by atoms with E-state index >= 15 is 0 Å². The van der Waals surface area contributed by atoms with Crippen molar-refractivity contribution in [3.8, 4) is 0 Å². The van der Waals surface area contributed by atoms with Gasteiger partial charge in [-0.3, -0.25) is 0 Å². The summed E-state index contributed by atoms with van der Waals surface area (Å²) in [7, 11) is -1.53. The van der Waals surface area contributed by atoms with Crippen molar-refractivity contribution in [3.05, 3.63) is 30.7 Å². The second-order valence-corrected chi connectivity index (χ2v) is 10.7. The Bertz CT molecular complexity index is 215. The summed E-state index contributed by atoms with van der Waals surface area (Å²) in [6.07, 6.45) is 7.00. The van der Waals surface area contributed by atoms with Crippen molar-refractivity contribution in [2.75, 3.05) is 0 Å². The molecule has 2 heteroatoms. The Morgan fingerprint density at radius 2 is 1.79 bits per heavy atom. The minimum Gasteiger partial charge on any atom is -0.303 e. The van der Waals surface area contributed by atoms with E-state index in [0.717, 1.165) is 12.2 Å². The Balaban J connectivity index is 2.86. The van der Waals surface area contributed by atoms with Crippen molar-refractivity contribution < 1.29 is 4.79 Å². The van der Waals surface area contributed by atoms with Crippen LogP contribution in [-0.2, 0) is 4.79 Å². The van der Waals surface area contributed by atoms with Crippen LogP contribution in [0.2, 0.25) is 18.1 Å². The number of rotatable bonds is 2. The molecular weight excluding hydrogens is 188 g/mol. The average Bonchev–Trinajstić information content (AvgIpc) is 2.49. The highest BCUT2D eigenvalue weighted by atomic mass is 28.3. The molecule has 0 aromatic carbocycles. The third-order valence-electron chi connectivity index (χ3n) is 3.52. The highest BCUT2D eigenvalue weighted by molar-refractivity contribution is 6.86. The second-order valence-electron chi connectivity index (χ2n) is 5.39. The molecule has 0 atom stereocenters. The van der Waals surface area contributed by atoms with Crippen molar-refractivity contribution in [3.63, 3.8) is 0 Å². The molecule has 0 saturated heterocycles. The summed E-state index contributed by atoms with van der Waals surface area (Å²) in [4.78, 5) is 10.9. The van der Waals surface area contributed by atoms with Crippen LogP contribution in [0.3, 0.4) is 0 Å². The SMILES string of the molecule is CC(C)(C)[Si](C)(C)[C]1[CH][CH][CH][C]1C=O. The Hall–Kier alpha value is -0.113. The van der Waals surface area contributed by atoms with Gasteiger partial charge in [-0.05, 0) is 29.8 Å². The molecule has 0 unspecified atom stereocenters. The van der Waals surface area contributed by atoms with Crippen LogP contribution in [0.15, 0.2) is 0 Å². The third kappa shape index (κ3) is 1.95. The van der Waals surface area contributed by atoms with Gasteiger partial charge in [-0.1, -0.05) is 33.9 Å². The maximum absolute atomic E-state index is 10.9. The molecular formula is C12H19OSi. The highest BCUT2D eigenvalue weighted by Gasteiger charge is 2.47. The Labute approximate surface area is 89.3 Å². The van der Waals surface area contributed by atoms with Crippen molar-refractivity contribution in [2.45, 2.75) is 38.9 Å². The quantitative estimate of drug-likeness (QED) is 0.502. The first-order chi connectivity index (χ1) is 6.30. The van der Waals surface area contributed by atoms with Crippen LogP contribution in [0.1, 0.15) is 20.8 Å². The lowest BCUT2D eigenvalue weighted by Crippen LogP contribution is -2.45. The first-order valence-corrected chi connectivity index (χ1v) is 8.02. The molecule has 0 spiro atoms. The predicted molar refractivity (Wildman–Crippen MR) is 62.6 cm³/mol. The fourth-order valence-electron chi connectivity index (χ4n) is 1.51. The Morgan fingerprint density at radius 3 is 2.21 bits per heavy atom. The van der Waals surface area contributed by atoms with Gasteiger partial charge in [0, 0.05) is 5.92 Å². The summed E-state index contributed by atoms with van der Waals surface area (Å²) >= 11 is 0. The van der Waals surface area contributed by atoms with Crippen LogP contribution < -0.4 is 0 Å². The van der Waals surface area contributed by atoms with Crippen molar-refractivity contribution >= 4 is 14.4 Å². The van der Waals surface area contributed by atoms with Gasteiger partial charge in [0.05, 0.1) is 8.07 Å². The summed E-state index contributed by atoms with van der Waals surface area (Å²) in [5.41, 5.74) is 1.29. The minimum atomic E-state index is -1.53. The van der Waals surface area contributed by atoms with Gasteiger partial charge in [-0.2, -0.15) is 0 Å². The largest absolute Gasteiger partial charge is 0.303 e. The fourth-order valence-corrected chi connectivity index (χ4v) is 3.69. The number of carbonyl (C=O) groups is 1.